The van der Waals surface area contributed by atoms with Crippen molar-refractivity contribution in [1.29, 1.82) is 0 Å². The number of pyridine rings is 1. The van der Waals surface area contributed by atoms with Crippen molar-refractivity contribution in [2.45, 2.75) is 19.7 Å². The zero-order valence-corrected chi connectivity index (χ0v) is 17.1. The molecule has 2 aromatic heterocycles. The number of nitrogens with one attached hydrogen (secondary N) is 1. The van der Waals surface area contributed by atoms with E-state index in [2.05, 4.69) is 36.8 Å². The lowest BCUT2D eigenvalue weighted by molar-refractivity contribution is -0.274. The number of alkyl halides is 3. The van der Waals surface area contributed by atoms with Crippen LogP contribution in [0.25, 0.3) is 11.1 Å². The van der Waals surface area contributed by atoms with E-state index < -0.39 is 12.3 Å². The lowest BCUT2D eigenvalue weighted by Crippen LogP contribution is -2.22. The summed E-state index contributed by atoms with van der Waals surface area (Å²) in [4.78, 5) is 27.7. The third-order valence-electron chi connectivity index (χ3n) is 5.07. The number of anilines is 2. The summed E-state index contributed by atoms with van der Waals surface area (Å²) in [6.07, 6.45) is 2.52. The first-order chi connectivity index (χ1) is 15.3. The fourth-order valence-corrected chi connectivity index (χ4v) is 3.55. The minimum absolute atomic E-state index is 0.301. The average molecular weight is 443 g/mol. The van der Waals surface area contributed by atoms with Crippen molar-refractivity contribution in [3.05, 3.63) is 60.8 Å². The molecule has 0 aliphatic carbocycles. The molecule has 166 valence electrons. The largest absolute Gasteiger partial charge is 0.573 e. The molecule has 32 heavy (non-hydrogen) atoms. The zero-order valence-electron chi connectivity index (χ0n) is 17.1. The van der Waals surface area contributed by atoms with Gasteiger partial charge in [-0.05, 0) is 42.7 Å². The highest BCUT2D eigenvalue weighted by atomic mass is 19.4. The quantitative estimate of drug-likeness (QED) is 0.624. The lowest BCUT2D eigenvalue weighted by Gasteiger charge is -2.21. The van der Waals surface area contributed by atoms with Crippen LogP contribution in [0.2, 0.25) is 0 Å². The Kier molecular flexibility index (Phi) is 5.93. The van der Waals surface area contributed by atoms with Gasteiger partial charge in [0.15, 0.2) is 0 Å². The maximum absolute atomic E-state index is 12.8. The van der Waals surface area contributed by atoms with E-state index in [4.69, 9.17) is 0 Å². The number of benzene rings is 1. The van der Waals surface area contributed by atoms with E-state index in [1.54, 1.807) is 18.5 Å². The van der Waals surface area contributed by atoms with E-state index in [0.29, 0.717) is 17.2 Å². The molecule has 7 nitrogen and oxygen atoms in total. The van der Waals surface area contributed by atoms with Crippen LogP contribution in [0.3, 0.4) is 0 Å². The van der Waals surface area contributed by atoms with Crippen LogP contribution in [-0.2, 0) is 0 Å². The van der Waals surface area contributed by atoms with Crippen LogP contribution in [0, 0.1) is 5.92 Å². The number of rotatable bonds is 5. The Labute approximate surface area is 182 Å². The molecule has 1 amide bonds. The molecule has 3 aromatic rings. The molecule has 0 unspecified atom stereocenters. The van der Waals surface area contributed by atoms with Gasteiger partial charge in [0.2, 0.25) is 0 Å². The smallest absolute Gasteiger partial charge is 0.406 e. The van der Waals surface area contributed by atoms with Crippen molar-refractivity contribution in [3.63, 3.8) is 0 Å². The van der Waals surface area contributed by atoms with Gasteiger partial charge in [-0.2, -0.15) is 0 Å². The van der Waals surface area contributed by atoms with Gasteiger partial charge in [0.25, 0.3) is 5.91 Å². The summed E-state index contributed by atoms with van der Waals surface area (Å²) in [5.74, 6) is 0.493. The number of halogens is 3. The molecule has 1 fully saturated rings. The topological polar surface area (TPSA) is 80.2 Å². The predicted octanol–water partition coefficient (Wildman–Crippen LogP) is 4.54. The summed E-state index contributed by atoms with van der Waals surface area (Å²) in [6, 6.07) is 6.65. The minimum atomic E-state index is -4.77. The molecule has 3 heterocycles. The second kappa shape index (κ2) is 8.81. The van der Waals surface area contributed by atoms with Gasteiger partial charge >= 0.3 is 6.36 Å². The number of hydrogen-bond acceptors (Lipinski definition) is 6. The number of aromatic nitrogens is 3. The second-order valence-corrected chi connectivity index (χ2v) is 7.59. The van der Waals surface area contributed by atoms with Gasteiger partial charge in [-0.1, -0.05) is 6.92 Å². The third-order valence-corrected chi connectivity index (χ3v) is 5.07. The number of carbonyl (C=O) groups excluding carboxylic acids is 1. The highest BCUT2D eigenvalue weighted by Gasteiger charge is 2.31. The Bertz CT molecular complexity index is 1090. The Hall–Kier alpha value is -3.69. The summed E-state index contributed by atoms with van der Waals surface area (Å²) < 4.78 is 40.8. The predicted molar refractivity (Wildman–Crippen MR) is 112 cm³/mol. The van der Waals surface area contributed by atoms with Crippen molar-refractivity contribution >= 4 is 17.4 Å². The van der Waals surface area contributed by atoms with Gasteiger partial charge in [0.05, 0.1) is 5.56 Å². The monoisotopic (exact) mass is 443 g/mol. The molecule has 1 N–H and O–H groups in total. The molecule has 0 spiro atoms. The van der Waals surface area contributed by atoms with E-state index in [-0.39, 0.29) is 5.75 Å². The van der Waals surface area contributed by atoms with Gasteiger partial charge < -0.3 is 15.0 Å². The van der Waals surface area contributed by atoms with Crippen molar-refractivity contribution < 1.29 is 22.7 Å². The first kappa shape index (κ1) is 21.5. The highest BCUT2D eigenvalue weighted by molar-refractivity contribution is 6.05. The zero-order chi connectivity index (χ0) is 22.7. The van der Waals surface area contributed by atoms with Gasteiger partial charge in [0, 0.05) is 48.5 Å². The summed E-state index contributed by atoms with van der Waals surface area (Å²) in [6.45, 7) is 3.91. The number of carbonyl (C=O) groups is 1. The number of hydrogen-bond donors (Lipinski definition) is 1. The van der Waals surface area contributed by atoms with Crippen LogP contribution in [0.4, 0.5) is 24.7 Å². The molecule has 0 bridgehead atoms. The van der Waals surface area contributed by atoms with E-state index in [1.807, 2.05) is 0 Å². The summed E-state index contributed by atoms with van der Waals surface area (Å²) in [7, 11) is 0. The molecule has 1 saturated heterocycles. The molecule has 4 rings (SSSR count). The molecule has 10 heteroatoms. The van der Waals surface area contributed by atoms with Crippen LogP contribution in [0.15, 0.2) is 55.2 Å². The normalized spacial score (nSPS) is 16.1. The Morgan fingerprint density at radius 2 is 1.88 bits per heavy atom. The fourth-order valence-electron chi connectivity index (χ4n) is 3.55. The van der Waals surface area contributed by atoms with Gasteiger partial charge in [-0.3, -0.25) is 4.79 Å². The van der Waals surface area contributed by atoms with E-state index in [9.17, 15) is 18.0 Å². The van der Waals surface area contributed by atoms with Gasteiger partial charge in [-0.25, -0.2) is 15.0 Å². The maximum atomic E-state index is 12.8. The van der Waals surface area contributed by atoms with Gasteiger partial charge in [-0.15, -0.1) is 13.2 Å². The Morgan fingerprint density at radius 1 is 1.16 bits per heavy atom. The van der Waals surface area contributed by atoms with Crippen LogP contribution in [0.5, 0.6) is 5.75 Å². The van der Waals surface area contributed by atoms with Crippen molar-refractivity contribution in [2.75, 3.05) is 23.3 Å². The number of ether oxygens (including phenoxy) is 1. The number of amides is 1. The molecule has 1 atom stereocenters. The molecule has 0 saturated carbocycles. The standard InChI is InChI=1S/C22H20F3N5O2/c1-14-6-7-30(12-14)20-19(16-9-26-13-27-10-16)8-15(11-28-20)21(31)29-17-2-4-18(5-3-17)32-22(23,24)25/h2-5,8-11,13-14H,6-7,12H2,1H3,(H,29,31)/t14-/m1/s1. The highest BCUT2D eigenvalue weighted by Crippen LogP contribution is 2.32. The van der Waals surface area contributed by atoms with E-state index >= 15 is 0 Å². The molecular formula is C22H20F3N5O2. The molecular weight excluding hydrogens is 423 g/mol. The fraction of sp³-hybridized carbons (Fsp3) is 0.273. The average Bonchev–Trinajstić information content (AvgIpc) is 3.20. The van der Waals surface area contributed by atoms with Crippen molar-refractivity contribution in [3.8, 4) is 16.9 Å². The van der Waals surface area contributed by atoms with Crippen molar-refractivity contribution in [1.82, 2.24) is 15.0 Å². The summed E-state index contributed by atoms with van der Waals surface area (Å²) >= 11 is 0. The first-order valence-corrected chi connectivity index (χ1v) is 9.96. The summed E-state index contributed by atoms with van der Waals surface area (Å²) in [5, 5.41) is 2.66. The van der Waals surface area contributed by atoms with E-state index in [0.717, 1.165) is 48.6 Å². The Balaban J connectivity index is 1.57. The second-order valence-electron chi connectivity index (χ2n) is 7.59. The molecule has 1 aliphatic heterocycles. The van der Waals surface area contributed by atoms with Crippen LogP contribution >= 0.6 is 0 Å². The van der Waals surface area contributed by atoms with Crippen LogP contribution < -0.4 is 15.0 Å². The van der Waals surface area contributed by atoms with Crippen molar-refractivity contribution in [2.24, 2.45) is 5.92 Å². The lowest BCUT2D eigenvalue weighted by atomic mass is 10.1. The van der Waals surface area contributed by atoms with E-state index in [1.165, 1.54) is 24.7 Å². The molecule has 1 aromatic carbocycles. The maximum Gasteiger partial charge on any atom is 0.573 e. The minimum Gasteiger partial charge on any atom is -0.406 e. The SMILES string of the molecule is C[C@@H]1CCN(c2ncc(C(=O)Nc3ccc(OC(F)(F)F)cc3)cc2-c2cncnc2)C1. The third kappa shape index (κ3) is 5.13. The van der Waals surface area contributed by atoms with Crippen LogP contribution in [0.1, 0.15) is 23.7 Å². The van der Waals surface area contributed by atoms with Gasteiger partial charge in [0.1, 0.15) is 17.9 Å². The number of nitrogens with zero attached hydrogens (tertiary/aromatic N) is 4. The Morgan fingerprint density at radius 3 is 2.50 bits per heavy atom. The molecule has 1 aliphatic rings. The van der Waals surface area contributed by atoms with Crippen LogP contribution in [-0.4, -0.2) is 40.3 Å². The first-order valence-electron chi connectivity index (χ1n) is 9.96. The molecule has 0 radical (unpaired) electrons. The summed E-state index contributed by atoms with van der Waals surface area (Å²) in [5.41, 5.74) is 2.10.